The number of ether oxygens (including phenoxy) is 1. The van der Waals surface area contributed by atoms with Gasteiger partial charge in [-0.2, -0.15) is 0 Å². The standard InChI is InChI=1S/C16H23NO2/c1-19-16-8-6-14(7-9-16)4-2-11-17-12-3-5-15(17)10-13-18/h2,4,6-9,15,18H,3,5,10-13H2,1H3/b4-2+/t15-/m1/s1. The van der Waals surface area contributed by atoms with Crippen molar-refractivity contribution in [2.75, 3.05) is 26.8 Å². The molecule has 1 fully saturated rings. The second-order valence-corrected chi connectivity index (χ2v) is 4.98. The fourth-order valence-corrected chi connectivity index (χ4v) is 2.65. The summed E-state index contributed by atoms with van der Waals surface area (Å²) in [5.74, 6) is 0.889. The lowest BCUT2D eigenvalue weighted by Gasteiger charge is -2.21. The van der Waals surface area contributed by atoms with Gasteiger partial charge in [-0.15, -0.1) is 0 Å². The molecular formula is C16H23NO2. The molecule has 1 aliphatic heterocycles. The van der Waals surface area contributed by atoms with Gasteiger partial charge in [0, 0.05) is 19.2 Å². The Balaban J connectivity index is 1.84. The van der Waals surface area contributed by atoms with E-state index in [-0.39, 0.29) is 0 Å². The number of hydrogen-bond donors (Lipinski definition) is 1. The lowest BCUT2D eigenvalue weighted by atomic mass is 10.1. The van der Waals surface area contributed by atoms with Crippen molar-refractivity contribution in [2.45, 2.75) is 25.3 Å². The van der Waals surface area contributed by atoms with E-state index in [4.69, 9.17) is 9.84 Å². The maximum Gasteiger partial charge on any atom is 0.118 e. The zero-order chi connectivity index (χ0) is 13.5. The van der Waals surface area contributed by atoms with Crippen LogP contribution in [0.15, 0.2) is 30.3 Å². The Hall–Kier alpha value is -1.32. The summed E-state index contributed by atoms with van der Waals surface area (Å²) in [6.07, 6.45) is 7.72. The summed E-state index contributed by atoms with van der Waals surface area (Å²) < 4.78 is 5.14. The second-order valence-electron chi connectivity index (χ2n) is 4.98. The van der Waals surface area contributed by atoms with E-state index >= 15 is 0 Å². The SMILES string of the molecule is COc1ccc(/C=C/CN2CCC[C@@H]2CCO)cc1. The Labute approximate surface area is 115 Å². The number of aliphatic hydroxyl groups excluding tert-OH is 1. The predicted octanol–water partition coefficient (Wildman–Crippen LogP) is 2.56. The van der Waals surface area contributed by atoms with Crippen LogP contribution in [0.1, 0.15) is 24.8 Å². The molecule has 0 bridgehead atoms. The molecule has 1 saturated heterocycles. The lowest BCUT2D eigenvalue weighted by molar-refractivity contribution is 0.208. The average molecular weight is 261 g/mol. The molecule has 1 aromatic carbocycles. The molecule has 0 unspecified atom stereocenters. The van der Waals surface area contributed by atoms with Gasteiger partial charge < -0.3 is 9.84 Å². The lowest BCUT2D eigenvalue weighted by Crippen LogP contribution is -2.30. The van der Waals surface area contributed by atoms with Crippen molar-refractivity contribution in [3.63, 3.8) is 0 Å². The molecule has 0 radical (unpaired) electrons. The topological polar surface area (TPSA) is 32.7 Å². The normalized spacial score (nSPS) is 20.2. The maximum absolute atomic E-state index is 9.04. The van der Waals surface area contributed by atoms with Crippen LogP contribution in [0.5, 0.6) is 5.75 Å². The van der Waals surface area contributed by atoms with Gasteiger partial charge in [0.25, 0.3) is 0 Å². The number of aliphatic hydroxyl groups is 1. The number of likely N-dealkylation sites (tertiary alicyclic amines) is 1. The molecule has 0 saturated carbocycles. The van der Waals surface area contributed by atoms with Crippen molar-refractivity contribution in [3.05, 3.63) is 35.9 Å². The first kappa shape index (κ1) is 14.1. The first-order chi connectivity index (χ1) is 9.33. The van der Waals surface area contributed by atoms with Crippen LogP contribution in [0.3, 0.4) is 0 Å². The molecule has 3 heteroatoms. The summed E-state index contributed by atoms with van der Waals surface area (Å²) in [5.41, 5.74) is 1.19. The Morgan fingerprint density at radius 2 is 2.16 bits per heavy atom. The average Bonchev–Trinajstić information content (AvgIpc) is 2.88. The zero-order valence-electron chi connectivity index (χ0n) is 11.6. The summed E-state index contributed by atoms with van der Waals surface area (Å²) in [6.45, 7) is 2.41. The molecule has 104 valence electrons. The van der Waals surface area contributed by atoms with Crippen LogP contribution < -0.4 is 4.74 Å². The van der Waals surface area contributed by atoms with E-state index in [0.717, 1.165) is 25.3 Å². The summed E-state index contributed by atoms with van der Waals surface area (Å²) >= 11 is 0. The first-order valence-electron chi connectivity index (χ1n) is 6.99. The van der Waals surface area contributed by atoms with Crippen LogP contribution in [0.25, 0.3) is 6.08 Å². The third kappa shape index (κ3) is 4.08. The van der Waals surface area contributed by atoms with E-state index in [2.05, 4.69) is 29.2 Å². The van der Waals surface area contributed by atoms with Gasteiger partial charge in [-0.1, -0.05) is 24.3 Å². The minimum atomic E-state index is 0.295. The van der Waals surface area contributed by atoms with E-state index in [1.54, 1.807) is 7.11 Å². The molecule has 3 nitrogen and oxygen atoms in total. The molecule has 0 amide bonds. The monoisotopic (exact) mass is 261 g/mol. The summed E-state index contributed by atoms with van der Waals surface area (Å²) in [6, 6.07) is 8.63. The number of nitrogens with zero attached hydrogens (tertiary/aromatic N) is 1. The molecule has 0 spiro atoms. The van der Waals surface area contributed by atoms with E-state index in [1.165, 1.54) is 18.4 Å². The van der Waals surface area contributed by atoms with Gasteiger partial charge in [0.15, 0.2) is 0 Å². The number of methoxy groups -OCH3 is 1. The Bertz CT molecular complexity index is 400. The Kier molecular flexibility index (Phi) is 5.43. The highest BCUT2D eigenvalue weighted by Crippen LogP contribution is 2.19. The van der Waals surface area contributed by atoms with Gasteiger partial charge in [0.05, 0.1) is 7.11 Å². The number of rotatable bonds is 6. The summed E-state index contributed by atoms with van der Waals surface area (Å²) in [7, 11) is 1.68. The highest BCUT2D eigenvalue weighted by Gasteiger charge is 2.22. The Morgan fingerprint density at radius 3 is 2.84 bits per heavy atom. The van der Waals surface area contributed by atoms with Crippen LogP contribution in [0.2, 0.25) is 0 Å². The molecule has 19 heavy (non-hydrogen) atoms. The molecule has 1 atom stereocenters. The molecule has 1 aliphatic rings. The molecule has 1 aromatic rings. The van der Waals surface area contributed by atoms with Crippen molar-refractivity contribution >= 4 is 6.08 Å². The van der Waals surface area contributed by atoms with Crippen LogP contribution in [-0.2, 0) is 0 Å². The van der Waals surface area contributed by atoms with Gasteiger partial charge in [-0.05, 0) is 43.5 Å². The van der Waals surface area contributed by atoms with E-state index < -0.39 is 0 Å². The highest BCUT2D eigenvalue weighted by atomic mass is 16.5. The van der Waals surface area contributed by atoms with Crippen LogP contribution in [0.4, 0.5) is 0 Å². The fourth-order valence-electron chi connectivity index (χ4n) is 2.65. The van der Waals surface area contributed by atoms with Crippen molar-refractivity contribution in [2.24, 2.45) is 0 Å². The quantitative estimate of drug-likeness (QED) is 0.854. The third-order valence-electron chi connectivity index (χ3n) is 3.73. The summed E-state index contributed by atoms with van der Waals surface area (Å²) in [4.78, 5) is 2.45. The second kappa shape index (κ2) is 7.31. The van der Waals surface area contributed by atoms with Crippen LogP contribution in [0, 0.1) is 0 Å². The third-order valence-corrected chi connectivity index (χ3v) is 3.73. The molecular weight excluding hydrogens is 238 g/mol. The van der Waals surface area contributed by atoms with Gasteiger partial charge in [0.2, 0.25) is 0 Å². The molecule has 0 aromatic heterocycles. The van der Waals surface area contributed by atoms with Crippen LogP contribution >= 0.6 is 0 Å². The van der Waals surface area contributed by atoms with Gasteiger partial charge in [0.1, 0.15) is 5.75 Å². The van der Waals surface area contributed by atoms with Gasteiger partial charge in [-0.25, -0.2) is 0 Å². The maximum atomic E-state index is 9.04. The Morgan fingerprint density at radius 1 is 1.37 bits per heavy atom. The van der Waals surface area contributed by atoms with E-state index in [0.29, 0.717) is 12.6 Å². The molecule has 2 rings (SSSR count). The first-order valence-corrected chi connectivity index (χ1v) is 6.99. The largest absolute Gasteiger partial charge is 0.497 e. The van der Waals surface area contributed by atoms with Gasteiger partial charge >= 0.3 is 0 Å². The zero-order valence-corrected chi connectivity index (χ0v) is 11.6. The van der Waals surface area contributed by atoms with Crippen LogP contribution in [-0.4, -0.2) is 42.9 Å². The minimum Gasteiger partial charge on any atom is -0.497 e. The highest BCUT2D eigenvalue weighted by molar-refractivity contribution is 5.50. The van der Waals surface area contributed by atoms with Crippen molar-refractivity contribution < 1.29 is 9.84 Å². The van der Waals surface area contributed by atoms with Crippen molar-refractivity contribution in [1.82, 2.24) is 4.90 Å². The number of benzene rings is 1. The van der Waals surface area contributed by atoms with Crippen molar-refractivity contribution in [1.29, 1.82) is 0 Å². The molecule has 1 heterocycles. The molecule has 1 N–H and O–H groups in total. The van der Waals surface area contributed by atoms with Crippen molar-refractivity contribution in [3.8, 4) is 5.75 Å². The summed E-state index contributed by atoms with van der Waals surface area (Å²) in [5, 5.41) is 9.04. The predicted molar refractivity (Wildman–Crippen MR) is 78.3 cm³/mol. The number of hydrogen-bond acceptors (Lipinski definition) is 3. The smallest absolute Gasteiger partial charge is 0.118 e. The molecule has 0 aliphatic carbocycles. The van der Waals surface area contributed by atoms with E-state index in [1.807, 2.05) is 12.1 Å². The van der Waals surface area contributed by atoms with E-state index in [9.17, 15) is 0 Å². The van der Waals surface area contributed by atoms with Gasteiger partial charge in [-0.3, -0.25) is 4.90 Å². The fraction of sp³-hybridized carbons (Fsp3) is 0.500. The minimum absolute atomic E-state index is 0.295.